The Hall–Kier alpha value is -1.97. The van der Waals surface area contributed by atoms with Gasteiger partial charge in [0.15, 0.2) is 0 Å². The first kappa shape index (κ1) is 22.7. The Kier molecular flexibility index (Phi) is 7.15. The van der Waals surface area contributed by atoms with Crippen LogP contribution in [-0.4, -0.2) is 5.16 Å². The SMILES string of the molecule is C=C/C(Cl)=C(\C(C)=C/C)c1noc(C(C)C)c1COc1ccc(C2CC2C)c(Cl)c1. The lowest BCUT2D eigenvalue weighted by Crippen LogP contribution is -2.03. The highest BCUT2D eigenvalue weighted by molar-refractivity contribution is 6.35. The summed E-state index contributed by atoms with van der Waals surface area (Å²) in [6, 6.07) is 5.96. The third-order valence-electron chi connectivity index (χ3n) is 5.69. The van der Waals surface area contributed by atoms with E-state index in [2.05, 4.69) is 38.6 Å². The van der Waals surface area contributed by atoms with Gasteiger partial charge in [-0.05, 0) is 55.4 Å². The molecule has 1 heterocycles. The molecule has 5 heteroatoms. The first-order chi connectivity index (χ1) is 14.3. The number of halogens is 2. The normalized spacial score (nSPS) is 19.7. The third-order valence-corrected chi connectivity index (χ3v) is 6.36. The van der Waals surface area contributed by atoms with Gasteiger partial charge in [-0.15, -0.1) is 0 Å². The van der Waals surface area contributed by atoms with Crippen molar-refractivity contribution in [3.05, 3.63) is 75.1 Å². The molecule has 2 atom stereocenters. The van der Waals surface area contributed by atoms with E-state index in [1.165, 1.54) is 12.0 Å². The van der Waals surface area contributed by atoms with E-state index in [0.717, 1.165) is 33.2 Å². The highest BCUT2D eigenvalue weighted by Gasteiger charge is 2.35. The van der Waals surface area contributed by atoms with Gasteiger partial charge in [-0.25, -0.2) is 0 Å². The average Bonchev–Trinajstić information content (AvgIpc) is 3.29. The van der Waals surface area contributed by atoms with E-state index >= 15 is 0 Å². The highest BCUT2D eigenvalue weighted by atomic mass is 35.5. The minimum absolute atomic E-state index is 0.154. The Morgan fingerprint density at radius 3 is 2.63 bits per heavy atom. The molecule has 0 amide bonds. The number of rotatable bonds is 8. The van der Waals surface area contributed by atoms with Crippen LogP contribution in [0.3, 0.4) is 0 Å². The molecule has 1 aromatic carbocycles. The van der Waals surface area contributed by atoms with E-state index in [1.54, 1.807) is 6.08 Å². The predicted molar refractivity (Wildman–Crippen MR) is 125 cm³/mol. The quantitative estimate of drug-likeness (QED) is 0.383. The number of hydrogen-bond acceptors (Lipinski definition) is 3. The highest BCUT2D eigenvalue weighted by Crippen LogP contribution is 2.49. The largest absolute Gasteiger partial charge is 0.489 e. The van der Waals surface area contributed by atoms with Crippen LogP contribution in [0.4, 0.5) is 0 Å². The summed E-state index contributed by atoms with van der Waals surface area (Å²) < 4.78 is 11.8. The second-order valence-corrected chi connectivity index (χ2v) is 9.03. The number of benzene rings is 1. The molecule has 1 aromatic heterocycles. The van der Waals surface area contributed by atoms with Gasteiger partial charge in [0.1, 0.15) is 23.8 Å². The minimum atomic E-state index is 0.154. The Balaban J connectivity index is 1.93. The average molecular weight is 446 g/mol. The molecule has 1 aliphatic rings. The Labute approximate surface area is 189 Å². The minimum Gasteiger partial charge on any atom is -0.489 e. The molecular formula is C25H29Cl2NO2. The van der Waals surface area contributed by atoms with Crippen LogP contribution >= 0.6 is 23.2 Å². The van der Waals surface area contributed by atoms with Crippen molar-refractivity contribution in [1.82, 2.24) is 5.16 Å². The van der Waals surface area contributed by atoms with Gasteiger partial charge in [-0.1, -0.05) is 73.9 Å². The first-order valence-corrected chi connectivity index (χ1v) is 11.1. The van der Waals surface area contributed by atoms with Gasteiger partial charge in [0.25, 0.3) is 0 Å². The molecule has 30 heavy (non-hydrogen) atoms. The van der Waals surface area contributed by atoms with Crippen LogP contribution in [-0.2, 0) is 6.61 Å². The van der Waals surface area contributed by atoms with Crippen molar-refractivity contribution in [3.63, 3.8) is 0 Å². The van der Waals surface area contributed by atoms with E-state index in [0.29, 0.717) is 29.2 Å². The molecule has 0 aliphatic heterocycles. The van der Waals surface area contributed by atoms with Gasteiger partial charge < -0.3 is 9.26 Å². The number of nitrogens with zero attached hydrogens (tertiary/aromatic N) is 1. The summed E-state index contributed by atoms with van der Waals surface area (Å²) in [5.41, 5.74) is 4.58. The van der Waals surface area contributed by atoms with Gasteiger partial charge in [0.05, 0.1) is 5.56 Å². The van der Waals surface area contributed by atoms with E-state index in [-0.39, 0.29) is 5.92 Å². The maximum absolute atomic E-state index is 6.52. The fourth-order valence-electron chi connectivity index (χ4n) is 3.66. The molecule has 3 rings (SSSR count). The maximum Gasteiger partial charge on any atom is 0.146 e. The summed E-state index contributed by atoms with van der Waals surface area (Å²) in [6.45, 7) is 14.5. The van der Waals surface area contributed by atoms with Crippen molar-refractivity contribution in [1.29, 1.82) is 0 Å². The molecule has 3 nitrogen and oxygen atoms in total. The van der Waals surface area contributed by atoms with Gasteiger partial charge in [0, 0.05) is 21.5 Å². The van der Waals surface area contributed by atoms with Gasteiger partial charge >= 0.3 is 0 Å². The molecule has 1 fully saturated rings. The van der Waals surface area contributed by atoms with Crippen LogP contribution in [0.15, 0.2) is 52.1 Å². The Bertz CT molecular complexity index is 1000. The Morgan fingerprint density at radius 2 is 2.10 bits per heavy atom. The molecule has 0 N–H and O–H groups in total. The van der Waals surface area contributed by atoms with Crippen molar-refractivity contribution in [3.8, 4) is 5.75 Å². The smallest absolute Gasteiger partial charge is 0.146 e. The van der Waals surface area contributed by atoms with Crippen LogP contribution in [0.1, 0.15) is 75.5 Å². The summed E-state index contributed by atoms with van der Waals surface area (Å²) in [5, 5.41) is 5.64. The maximum atomic E-state index is 6.52. The molecule has 160 valence electrons. The molecule has 1 saturated carbocycles. The van der Waals surface area contributed by atoms with Crippen LogP contribution in [0.5, 0.6) is 5.75 Å². The van der Waals surface area contributed by atoms with Gasteiger partial charge in [0.2, 0.25) is 0 Å². The second-order valence-electron chi connectivity index (χ2n) is 8.22. The summed E-state index contributed by atoms with van der Waals surface area (Å²) in [6.07, 6.45) is 4.81. The van der Waals surface area contributed by atoms with E-state index in [9.17, 15) is 0 Å². The van der Waals surface area contributed by atoms with E-state index in [1.807, 2.05) is 32.1 Å². The van der Waals surface area contributed by atoms with Crippen molar-refractivity contribution in [2.45, 2.75) is 59.5 Å². The molecule has 0 saturated heterocycles. The topological polar surface area (TPSA) is 35.3 Å². The molecule has 0 bridgehead atoms. The fraction of sp³-hybridized carbons (Fsp3) is 0.400. The number of aromatic nitrogens is 1. The molecule has 2 unspecified atom stereocenters. The summed E-state index contributed by atoms with van der Waals surface area (Å²) in [4.78, 5) is 0. The van der Waals surface area contributed by atoms with Crippen molar-refractivity contribution in [2.24, 2.45) is 5.92 Å². The zero-order valence-electron chi connectivity index (χ0n) is 18.3. The number of ether oxygens (including phenoxy) is 1. The lowest BCUT2D eigenvalue weighted by molar-refractivity contribution is 0.298. The number of hydrogen-bond donors (Lipinski definition) is 0. The zero-order valence-corrected chi connectivity index (χ0v) is 19.8. The lowest BCUT2D eigenvalue weighted by Gasteiger charge is -2.13. The first-order valence-electron chi connectivity index (χ1n) is 10.3. The van der Waals surface area contributed by atoms with Crippen LogP contribution in [0.25, 0.3) is 5.57 Å². The lowest BCUT2D eigenvalue weighted by atomic mass is 9.97. The summed E-state index contributed by atoms with van der Waals surface area (Å²) >= 11 is 13.0. The van der Waals surface area contributed by atoms with Gasteiger partial charge in [-0.3, -0.25) is 0 Å². The van der Waals surface area contributed by atoms with Crippen LogP contribution < -0.4 is 4.74 Å². The zero-order chi connectivity index (χ0) is 22.0. The van der Waals surface area contributed by atoms with Crippen LogP contribution in [0.2, 0.25) is 5.02 Å². The second kappa shape index (κ2) is 9.45. The monoisotopic (exact) mass is 445 g/mol. The van der Waals surface area contributed by atoms with E-state index < -0.39 is 0 Å². The Morgan fingerprint density at radius 1 is 1.40 bits per heavy atom. The van der Waals surface area contributed by atoms with Crippen molar-refractivity contribution in [2.75, 3.05) is 0 Å². The summed E-state index contributed by atoms with van der Waals surface area (Å²) in [7, 11) is 0. The predicted octanol–water partition coefficient (Wildman–Crippen LogP) is 8.26. The standard InChI is InChI=1S/C25H29Cl2NO2/c1-7-15(5)23(21(26)8-2)24-20(25(14(3)4)30-28-24)13-29-17-9-10-18(22(27)12-17)19-11-16(19)6/h7-10,12,14,16,19H,2,11,13H2,1,3-6H3/b15-7-,23-21-. The molecule has 0 radical (unpaired) electrons. The number of allylic oxidation sites excluding steroid dienone is 5. The summed E-state index contributed by atoms with van der Waals surface area (Å²) in [5.74, 6) is 2.94. The fourth-order valence-corrected chi connectivity index (χ4v) is 4.20. The van der Waals surface area contributed by atoms with Gasteiger partial charge in [-0.2, -0.15) is 0 Å². The van der Waals surface area contributed by atoms with E-state index in [4.69, 9.17) is 32.5 Å². The van der Waals surface area contributed by atoms with Crippen LogP contribution in [0, 0.1) is 5.92 Å². The van der Waals surface area contributed by atoms with Crippen molar-refractivity contribution < 1.29 is 9.26 Å². The molecule has 2 aromatic rings. The van der Waals surface area contributed by atoms with Crippen molar-refractivity contribution >= 4 is 28.8 Å². The molecule has 1 aliphatic carbocycles. The molecular weight excluding hydrogens is 417 g/mol. The molecule has 0 spiro atoms. The third kappa shape index (κ3) is 4.68.